The Balaban J connectivity index is 1.79. The lowest BCUT2D eigenvalue weighted by atomic mass is 10.0. The molecule has 170 valence electrons. The van der Waals surface area contributed by atoms with Crippen LogP contribution in [0.2, 0.25) is 0 Å². The summed E-state index contributed by atoms with van der Waals surface area (Å²) in [6, 6.07) is 14.7. The van der Waals surface area contributed by atoms with E-state index in [0.717, 1.165) is 23.1 Å². The first-order valence-electron chi connectivity index (χ1n) is 11.0. The number of benzene rings is 2. The molecule has 32 heavy (non-hydrogen) atoms. The molecule has 0 amide bonds. The van der Waals surface area contributed by atoms with Gasteiger partial charge >= 0.3 is 11.9 Å². The van der Waals surface area contributed by atoms with E-state index in [-0.39, 0.29) is 17.9 Å². The molecule has 0 saturated carbocycles. The maximum absolute atomic E-state index is 14.4. The van der Waals surface area contributed by atoms with Crippen LogP contribution in [0.3, 0.4) is 0 Å². The highest BCUT2D eigenvalue weighted by Gasteiger charge is 2.36. The smallest absolute Gasteiger partial charge is 0.335 e. The molecule has 0 aliphatic heterocycles. The number of aromatic nitrogens is 3. The van der Waals surface area contributed by atoms with Crippen LogP contribution < -0.4 is 0 Å². The summed E-state index contributed by atoms with van der Waals surface area (Å²) in [6.07, 6.45) is 1.48. The molecule has 1 aromatic heterocycles. The first kappa shape index (κ1) is 23.6. The van der Waals surface area contributed by atoms with Gasteiger partial charge in [0, 0.05) is 12.3 Å². The highest BCUT2D eigenvalue weighted by molar-refractivity contribution is 5.87. The normalized spacial score (nSPS) is 12.7. The number of rotatable bonds is 10. The van der Waals surface area contributed by atoms with Crippen LogP contribution in [-0.2, 0) is 18.9 Å². The van der Waals surface area contributed by atoms with Gasteiger partial charge in [0.25, 0.3) is 0 Å². The summed E-state index contributed by atoms with van der Waals surface area (Å²) in [5.41, 5.74) is 3.15. The molecule has 5 nitrogen and oxygen atoms in total. The van der Waals surface area contributed by atoms with Crippen LogP contribution in [0.4, 0.5) is 8.78 Å². The minimum absolute atomic E-state index is 0.0226. The second kappa shape index (κ2) is 10.0. The third-order valence-corrected chi connectivity index (χ3v) is 5.58. The van der Waals surface area contributed by atoms with E-state index >= 15 is 0 Å². The van der Waals surface area contributed by atoms with Crippen LogP contribution in [-0.4, -0.2) is 25.8 Å². The van der Waals surface area contributed by atoms with Gasteiger partial charge in [-0.05, 0) is 48.1 Å². The average Bonchev–Trinajstić information content (AvgIpc) is 3.19. The summed E-state index contributed by atoms with van der Waals surface area (Å²) in [6.45, 7) is 6.06. The summed E-state index contributed by atoms with van der Waals surface area (Å²) < 4.78 is 30.4. The lowest BCUT2D eigenvalue weighted by Gasteiger charge is -2.11. The molecule has 0 aliphatic rings. The monoisotopic (exact) mass is 441 g/mol. The van der Waals surface area contributed by atoms with E-state index in [2.05, 4.69) is 10.1 Å². The molecular formula is C25H29F2N3O2. The van der Waals surface area contributed by atoms with Gasteiger partial charge in [0.15, 0.2) is 0 Å². The number of carboxylic acid groups (broad SMARTS) is 1. The van der Waals surface area contributed by atoms with E-state index < -0.39 is 17.7 Å². The zero-order chi connectivity index (χ0) is 23.3. The van der Waals surface area contributed by atoms with Crippen LogP contribution in [0, 0.1) is 0 Å². The van der Waals surface area contributed by atoms with E-state index in [1.54, 1.807) is 29.8 Å². The molecule has 3 rings (SSSR count). The Morgan fingerprint density at radius 3 is 2.41 bits per heavy atom. The summed E-state index contributed by atoms with van der Waals surface area (Å²) in [4.78, 5) is 15.4. The molecule has 3 aromatic rings. The number of hydrogen-bond donors (Lipinski definition) is 1. The van der Waals surface area contributed by atoms with Gasteiger partial charge in [-0.15, -0.1) is 5.10 Å². The Labute approximate surface area is 187 Å². The first-order chi connectivity index (χ1) is 15.2. The maximum Gasteiger partial charge on any atom is 0.335 e. The Morgan fingerprint density at radius 1 is 1.09 bits per heavy atom. The zero-order valence-electron chi connectivity index (χ0n) is 18.7. The SMILES string of the molecule is CCCC(F)(F)c1nc(C(C)CC)n(Cc2ccc(Cc3cccc(C(=O)O)c3)cc2)n1. The number of aromatic carboxylic acids is 1. The molecule has 0 aliphatic carbocycles. The van der Waals surface area contributed by atoms with Crippen LogP contribution in [0.15, 0.2) is 48.5 Å². The van der Waals surface area contributed by atoms with Crippen molar-refractivity contribution in [1.29, 1.82) is 0 Å². The molecular weight excluding hydrogens is 412 g/mol. The minimum atomic E-state index is -3.03. The van der Waals surface area contributed by atoms with Gasteiger partial charge in [-0.25, -0.2) is 14.5 Å². The number of carboxylic acids is 1. The first-order valence-corrected chi connectivity index (χ1v) is 11.0. The third kappa shape index (κ3) is 5.58. The van der Waals surface area contributed by atoms with E-state index in [9.17, 15) is 13.6 Å². The molecule has 0 bridgehead atoms. The fourth-order valence-electron chi connectivity index (χ4n) is 3.58. The van der Waals surface area contributed by atoms with Crippen molar-refractivity contribution in [2.24, 2.45) is 0 Å². The van der Waals surface area contributed by atoms with Crippen LogP contribution in [0.25, 0.3) is 0 Å². The van der Waals surface area contributed by atoms with Gasteiger partial charge in [0.2, 0.25) is 5.82 Å². The lowest BCUT2D eigenvalue weighted by molar-refractivity contribution is -0.0232. The molecule has 1 unspecified atom stereocenters. The topological polar surface area (TPSA) is 68.0 Å². The van der Waals surface area contributed by atoms with Crippen molar-refractivity contribution in [1.82, 2.24) is 14.8 Å². The van der Waals surface area contributed by atoms with Gasteiger partial charge < -0.3 is 5.11 Å². The van der Waals surface area contributed by atoms with Gasteiger partial charge in [-0.3, -0.25) is 0 Å². The fraction of sp³-hybridized carbons (Fsp3) is 0.400. The molecule has 0 fully saturated rings. The summed E-state index contributed by atoms with van der Waals surface area (Å²) in [5.74, 6) is -3.78. The quantitative estimate of drug-likeness (QED) is 0.418. The number of hydrogen-bond acceptors (Lipinski definition) is 3. The van der Waals surface area contributed by atoms with E-state index in [0.29, 0.717) is 25.2 Å². The maximum atomic E-state index is 14.4. The van der Waals surface area contributed by atoms with Crippen molar-refractivity contribution in [3.05, 3.63) is 82.4 Å². The van der Waals surface area contributed by atoms with Crippen molar-refractivity contribution in [3.8, 4) is 0 Å². The van der Waals surface area contributed by atoms with Crippen molar-refractivity contribution >= 4 is 5.97 Å². The second-order valence-electron chi connectivity index (χ2n) is 8.21. The van der Waals surface area contributed by atoms with E-state index in [4.69, 9.17) is 5.11 Å². The van der Waals surface area contributed by atoms with Gasteiger partial charge in [0.1, 0.15) is 5.82 Å². The number of halogens is 2. The minimum Gasteiger partial charge on any atom is -0.478 e. The largest absolute Gasteiger partial charge is 0.478 e. The molecule has 1 N–H and O–H groups in total. The Hall–Kier alpha value is -3.09. The van der Waals surface area contributed by atoms with Crippen LogP contribution in [0.5, 0.6) is 0 Å². The highest BCUT2D eigenvalue weighted by Crippen LogP contribution is 2.32. The molecule has 7 heteroatoms. The van der Waals surface area contributed by atoms with Gasteiger partial charge in [-0.2, -0.15) is 8.78 Å². The van der Waals surface area contributed by atoms with E-state index in [1.165, 1.54) is 0 Å². The van der Waals surface area contributed by atoms with Crippen molar-refractivity contribution in [2.45, 2.75) is 64.8 Å². The summed E-state index contributed by atoms with van der Waals surface area (Å²) >= 11 is 0. The average molecular weight is 442 g/mol. The standard InChI is InChI=1S/C25H29F2N3O2/c1-4-13-25(26,27)24-28-22(17(3)5-2)30(29-24)16-19-11-9-18(10-12-19)14-20-7-6-8-21(15-20)23(31)32/h6-12,15,17H,4-5,13-14,16H2,1-3H3,(H,31,32). The third-order valence-electron chi connectivity index (χ3n) is 5.58. The lowest BCUT2D eigenvalue weighted by Crippen LogP contribution is -2.15. The molecule has 2 aromatic carbocycles. The van der Waals surface area contributed by atoms with Gasteiger partial charge in [0.05, 0.1) is 12.1 Å². The molecule has 1 heterocycles. The molecule has 0 saturated heterocycles. The van der Waals surface area contributed by atoms with Crippen molar-refractivity contribution in [3.63, 3.8) is 0 Å². The predicted molar refractivity (Wildman–Crippen MR) is 119 cm³/mol. The molecule has 0 spiro atoms. The number of nitrogens with zero attached hydrogens (tertiary/aromatic N) is 3. The van der Waals surface area contributed by atoms with Crippen LogP contribution >= 0.6 is 0 Å². The Kier molecular flexibility index (Phi) is 7.38. The van der Waals surface area contributed by atoms with Crippen molar-refractivity contribution in [2.75, 3.05) is 0 Å². The molecule has 0 radical (unpaired) electrons. The number of alkyl halides is 2. The fourth-order valence-corrected chi connectivity index (χ4v) is 3.58. The second-order valence-corrected chi connectivity index (χ2v) is 8.21. The Bertz CT molecular complexity index is 1060. The zero-order valence-corrected chi connectivity index (χ0v) is 18.7. The predicted octanol–water partition coefficient (Wildman–Crippen LogP) is 6.02. The summed E-state index contributed by atoms with van der Waals surface area (Å²) in [5, 5.41) is 13.3. The molecule has 1 atom stereocenters. The highest BCUT2D eigenvalue weighted by atomic mass is 19.3. The van der Waals surface area contributed by atoms with Crippen molar-refractivity contribution < 1.29 is 18.7 Å². The van der Waals surface area contributed by atoms with Crippen LogP contribution in [0.1, 0.15) is 84.6 Å². The Morgan fingerprint density at radius 2 is 1.78 bits per heavy atom. The van der Waals surface area contributed by atoms with E-state index in [1.807, 2.05) is 44.2 Å². The number of carbonyl (C=O) groups is 1. The summed E-state index contributed by atoms with van der Waals surface area (Å²) in [7, 11) is 0. The van der Waals surface area contributed by atoms with Gasteiger partial charge in [-0.1, -0.05) is 57.2 Å².